The highest BCUT2D eigenvalue weighted by Crippen LogP contribution is 2.40. The second-order valence-corrected chi connectivity index (χ2v) is 9.18. The minimum absolute atomic E-state index is 0.111. The van der Waals surface area contributed by atoms with E-state index >= 15 is 0 Å². The smallest absolute Gasteiger partial charge is 0.422 e. The Hall–Kier alpha value is -3.39. The zero-order valence-corrected chi connectivity index (χ0v) is 18.5. The van der Waals surface area contributed by atoms with Crippen molar-refractivity contribution in [3.8, 4) is 17.3 Å². The van der Waals surface area contributed by atoms with Gasteiger partial charge in [0, 0.05) is 23.3 Å². The Labute approximate surface area is 198 Å². The van der Waals surface area contributed by atoms with E-state index in [9.17, 15) is 34.8 Å². The van der Waals surface area contributed by atoms with Crippen LogP contribution in [0.15, 0.2) is 59.8 Å². The minimum atomic E-state index is -5.04. The molecule has 4 rings (SSSR count). The molecule has 0 radical (unpaired) electrons. The summed E-state index contributed by atoms with van der Waals surface area (Å²) in [7, 11) is -4.37. The molecule has 3 heterocycles. The first-order chi connectivity index (χ1) is 16.3. The fourth-order valence-electron chi connectivity index (χ4n) is 3.12. The van der Waals surface area contributed by atoms with Crippen molar-refractivity contribution in [2.24, 2.45) is 0 Å². The lowest BCUT2D eigenvalue weighted by atomic mass is 10.1. The van der Waals surface area contributed by atoms with E-state index in [1.807, 2.05) is 0 Å². The van der Waals surface area contributed by atoms with Crippen LogP contribution in [0, 0.1) is 0 Å². The summed E-state index contributed by atoms with van der Waals surface area (Å²) in [5.41, 5.74) is -3.04. The molecule has 0 spiro atoms. The zero-order valence-electron chi connectivity index (χ0n) is 17.0. The van der Waals surface area contributed by atoms with Crippen molar-refractivity contribution in [2.45, 2.75) is 17.2 Å². The fraction of sp³-hybridized carbons (Fsp3) is 0.150. The number of alkyl halides is 6. The summed E-state index contributed by atoms with van der Waals surface area (Å²) in [6.07, 6.45) is -8.75. The van der Waals surface area contributed by atoms with Crippen molar-refractivity contribution >= 4 is 32.7 Å². The molecule has 0 aliphatic carbocycles. The molecule has 7 nitrogen and oxygen atoms in total. The lowest BCUT2D eigenvalue weighted by molar-refractivity contribution is -0.155. The third-order valence-corrected chi connectivity index (χ3v) is 6.45. The molecular weight excluding hydrogens is 526 g/mol. The van der Waals surface area contributed by atoms with Crippen LogP contribution in [0.4, 0.5) is 26.3 Å². The number of pyridine rings is 1. The first-order valence-corrected chi connectivity index (χ1v) is 11.2. The largest absolute Gasteiger partial charge is 0.454 e. The molecule has 1 aromatic carbocycles. The van der Waals surface area contributed by atoms with Crippen LogP contribution in [-0.4, -0.2) is 40.1 Å². The van der Waals surface area contributed by atoms with Gasteiger partial charge >= 0.3 is 18.4 Å². The number of halogens is 7. The maximum Gasteiger partial charge on any atom is 0.422 e. The Balaban J connectivity index is 1.98. The van der Waals surface area contributed by atoms with Crippen LogP contribution in [0.1, 0.15) is 5.56 Å². The number of benzene rings is 1. The predicted molar refractivity (Wildman–Crippen MR) is 111 cm³/mol. The minimum Gasteiger partial charge on any atom is -0.454 e. The van der Waals surface area contributed by atoms with Crippen LogP contribution in [0.2, 0.25) is 5.15 Å². The van der Waals surface area contributed by atoms with Gasteiger partial charge in [-0.3, -0.25) is 0 Å². The van der Waals surface area contributed by atoms with Gasteiger partial charge < -0.3 is 4.74 Å². The monoisotopic (exact) mass is 536 g/mol. The summed E-state index contributed by atoms with van der Waals surface area (Å²) in [5.74, 6) is 0. The summed E-state index contributed by atoms with van der Waals surface area (Å²) < 4.78 is 110. The predicted octanol–water partition coefficient (Wildman–Crippen LogP) is 5.34. The van der Waals surface area contributed by atoms with Gasteiger partial charge in [0.25, 0.3) is 10.0 Å². The third-order valence-electron chi connectivity index (χ3n) is 4.58. The van der Waals surface area contributed by atoms with Gasteiger partial charge in [-0.15, -0.1) is 0 Å². The highest BCUT2D eigenvalue weighted by Gasteiger charge is 2.37. The molecule has 0 amide bonds. The van der Waals surface area contributed by atoms with Gasteiger partial charge in [0.15, 0.2) is 12.3 Å². The second kappa shape index (κ2) is 8.68. The van der Waals surface area contributed by atoms with E-state index in [2.05, 4.69) is 19.7 Å². The van der Waals surface area contributed by atoms with Gasteiger partial charge in [-0.05, 0) is 24.3 Å². The van der Waals surface area contributed by atoms with Gasteiger partial charge in [0.2, 0.25) is 0 Å². The summed E-state index contributed by atoms with van der Waals surface area (Å²) in [5, 5.41) is -0.264. The van der Waals surface area contributed by atoms with E-state index in [0.29, 0.717) is 3.97 Å². The lowest BCUT2D eigenvalue weighted by Gasteiger charge is -2.13. The first kappa shape index (κ1) is 24.7. The number of aromatic nitrogens is 4. The van der Waals surface area contributed by atoms with E-state index in [4.69, 9.17) is 11.6 Å². The molecule has 3 aromatic heterocycles. The SMILES string of the molecule is O=S(=O)(c1ccccc1)n1cc(-c2nc(OCC(F)(F)F)ncc2C(F)(F)F)c2ccc(Cl)nc21. The van der Waals surface area contributed by atoms with Crippen molar-refractivity contribution < 1.29 is 39.5 Å². The number of hydrogen-bond acceptors (Lipinski definition) is 6. The van der Waals surface area contributed by atoms with E-state index in [1.165, 1.54) is 36.4 Å². The maximum absolute atomic E-state index is 13.7. The van der Waals surface area contributed by atoms with Crippen molar-refractivity contribution in [1.29, 1.82) is 0 Å². The topological polar surface area (TPSA) is 87.0 Å². The molecule has 4 aromatic rings. The third kappa shape index (κ3) is 5.03. The molecule has 0 atom stereocenters. The van der Waals surface area contributed by atoms with Gasteiger partial charge in [0.05, 0.1) is 10.6 Å². The maximum atomic E-state index is 13.7. The molecule has 0 saturated heterocycles. The van der Waals surface area contributed by atoms with Crippen molar-refractivity contribution in [2.75, 3.05) is 6.61 Å². The second-order valence-electron chi connectivity index (χ2n) is 6.98. The summed E-state index contributed by atoms with van der Waals surface area (Å²) in [6, 6.07) is 8.41. The highest BCUT2D eigenvalue weighted by molar-refractivity contribution is 7.90. The summed E-state index contributed by atoms with van der Waals surface area (Å²) >= 11 is 5.90. The van der Waals surface area contributed by atoms with Gasteiger partial charge in [-0.2, -0.15) is 31.3 Å². The van der Waals surface area contributed by atoms with E-state index in [1.54, 1.807) is 6.07 Å². The molecule has 0 unspecified atom stereocenters. The normalized spacial score (nSPS) is 12.8. The summed E-state index contributed by atoms with van der Waals surface area (Å²) in [6.45, 7) is -1.85. The standard InChI is InChI=1S/C20H11ClF6N4O3S/c21-15-7-6-12-13(9-31(17(12)29-15)35(32,33)11-4-2-1-3-5-11)16-14(20(25,26)27)8-28-18(30-16)34-10-19(22,23)24/h1-9H,10H2. The Morgan fingerprint density at radius 2 is 1.66 bits per heavy atom. The number of hydrogen-bond donors (Lipinski definition) is 0. The number of ether oxygens (including phenoxy) is 1. The molecule has 184 valence electrons. The van der Waals surface area contributed by atoms with Crippen LogP contribution < -0.4 is 4.74 Å². The van der Waals surface area contributed by atoms with Crippen LogP contribution in [-0.2, 0) is 16.2 Å². The fourth-order valence-corrected chi connectivity index (χ4v) is 4.61. The Bertz CT molecular complexity index is 1510. The number of rotatable bonds is 5. The van der Waals surface area contributed by atoms with E-state index in [-0.39, 0.29) is 27.3 Å². The van der Waals surface area contributed by atoms with Crippen molar-refractivity contribution in [3.05, 3.63) is 65.6 Å². The molecule has 0 aliphatic rings. The van der Waals surface area contributed by atoms with Crippen LogP contribution >= 0.6 is 11.6 Å². The van der Waals surface area contributed by atoms with Crippen LogP contribution in [0.3, 0.4) is 0 Å². The Morgan fingerprint density at radius 1 is 0.971 bits per heavy atom. The quantitative estimate of drug-likeness (QED) is 0.253. The molecule has 0 saturated carbocycles. The number of nitrogens with zero attached hydrogens (tertiary/aromatic N) is 4. The van der Waals surface area contributed by atoms with E-state index in [0.717, 1.165) is 6.20 Å². The number of fused-ring (bicyclic) bond motifs is 1. The molecule has 15 heteroatoms. The van der Waals surface area contributed by atoms with Crippen molar-refractivity contribution in [1.82, 2.24) is 18.9 Å². The van der Waals surface area contributed by atoms with Crippen LogP contribution in [0.25, 0.3) is 22.3 Å². The van der Waals surface area contributed by atoms with Gasteiger partial charge in [-0.25, -0.2) is 22.4 Å². The molecule has 35 heavy (non-hydrogen) atoms. The van der Waals surface area contributed by atoms with Crippen LogP contribution in [0.5, 0.6) is 6.01 Å². The molecule has 0 bridgehead atoms. The van der Waals surface area contributed by atoms with Gasteiger partial charge in [-0.1, -0.05) is 29.8 Å². The van der Waals surface area contributed by atoms with E-state index < -0.39 is 51.8 Å². The average molecular weight is 537 g/mol. The van der Waals surface area contributed by atoms with Crippen molar-refractivity contribution in [3.63, 3.8) is 0 Å². The summed E-state index contributed by atoms with van der Waals surface area (Å²) in [4.78, 5) is 10.5. The highest BCUT2D eigenvalue weighted by atomic mass is 35.5. The average Bonchev–Trinajstić information content (AvgIpc) is 3.16. The molecule has 0 N–H and O–H groups in total. The Kier molecular flexibility index (Phi) is 6.13. The zero-order chi connectivity index (χ0) is 25.6. The van der Waals surface area contributed by atoms with Gasteiger partial charge in [0.1, 0.15) is 10.7 Å². The Morgan fingerprint density at radius 3 is 2.29 bits per heavy atom. The molecular formula is C20H11ClF6N4O3S. The molecule has 0 aliphatic heterocycles. The first-order valence-electron chi connectivity index (χ1n) is 9.40. The molecule has 0 fully saturated rings. The lowest BCUT2D eigenvalue weighted by Crippen LogP contribution is -2.20.